The Hall–Kier alpha value is -0.550. The first-order chi connectivity index (χ1) is 10.0. The molecule has 5 heteroatoms. The van der Waals surface area contributed by atoms with Gasteiger partial charge in [-0.05, 0) is 24.7 Å². The number of carbonyl (C=O) groups excluding carboxylic acids is 1. The summed E-state index contributed by atoms with van der Waals surface area (Å²) in [6.07, 6.45) is 4.77. The van der Waals surface area contributed by atoms with Crippen LogP contribution in [0.3, 0.4) is 0 Å². The lowest BCUT2D eigenvalue weighted by atomic mass is 9.83. The summed E-state index contributed by atoms with van der Waals surface area (Å²) in [5, 5.41) is 1.24. The Balaban J connectivity index is 1.92. The summed E-state index contributed by atoms with van der Waals surface area (Å²) >= 11 is 1.78. The zero-order valence-corrected chi connectivity index (χ0v) is 14.3. The molecular weight excluding hydrogens is 286 g/mol. The minimum Gasteiger partial charge on any atom is -0.463 e. The van der Waals surface area contributed by atoms with E-state index in [1.54, 1.807) is 11.8 Å². The summed E-state index contributed by atoms with van der Waals surface area (Å²) in [6.45, 7) is 8.43. The van der Waals surface area contributed by atoms with Gasteiger partial charge in [0.25, 0.3) is 0 Å². The van der Waals surface area contributed by atoms with E-state index in [1.165, 1.54) is 31.2 Å². The smallest absolute Gasteiger partial charge is 0.302 e. The first-order valence-electron chi connectivity index (χ1n) is 8.05. The van der Waals surface area contributed by atoms with Crippen LogP contribution in [0.1, 0.15) is 53.4 Å². The van der Waals surface area contributed by atoms with Crippen molar-refractivity contribution in [3.05, 3.63) is 0 Å². The van der Waals surface area contributed by atoms with Gasteiger partial charge in [0.05, 0.1) is 17.2 Å². The Kier molecular flexibility index (Phi) is 6.11. The van der Waals surface area contributed by atoms with Crippen LogP contribution in [-0.2, 0) is 14.3 Å². The van der Waals surface area contributed by atoms with E-state index in [1.807, 2.05) is 0 Å². The number of fused-ring (bicyclic) bond motifs is 1. The molecular formula is C16H27NO3S. The number of esters is 1. The molecule has 2 aliphatic rings. The molecule has 0 aromatic carbocycles. The fourth-order valence-corrected chi connectivity index (χ4v) is 4.28. The number of rotatable bonds is 6. The summed E-state index contributed by atoms with van der Waals surface area (Å²) in [7, 11) is 0. The van der Waals surface area contributed by atoms with Gasteiger partial charge >= 0.3 is 5.97 Å². The van der Waals surface area contributed by atoms with E-state index in [4.69, 9.17) is 14.5 Å². The second kappa shape index (κ2) is 7.63. The van der Waals surface area contributed by atoms with Crippen LogP contribution in [0.15, 0.2) is 4.99 Å². The lowest BCUT2D eigenvalue weighted by molar-refractivity contribution is -0.152. The van der Waals surface area contributed by atoms with Crippen molar-refractivity contribution in [1.29, 1.82) is 0 Å². The number of nitrogens with zero attached hydrogens (tertiary/aromatic N) is 1. The number of ether oxygens (including phenoxy) is 2. The number of carbonyl (C=O) groups is 1. The van der Waals surface area contributed by atoms with Crippen LogP contribution in [0.2, 0.25) is 0 Å². The van der Waals surface area contributed by atoms with Gasteiger partial charge in [-0.3, -0.25) is 9.79 Å². The average molecular weight is 313 g/mol. The van der Waals surface area contributed by atoms with Crippen molar-refractivity contribution in [3.63, 3.8) is 0 Å². The number of hydrogen-bond donors (Lipinski definition) is 0. The van der Waals surface area contributed by atoms with Crippen LogP contribution in [0.4, 0.5) is 0 Å². The predicted octanol–water partition coefficient (Wildman–Crippen LogP) is 3.64. The third-order valence-corrected chi connectivity index (χ3v) is 5.74. The van der Waals surface area contributed by atoms with Gasteiger partial charge in [-0.15, -0.1) is 0 Å². The van der Waals surface area contributed by atoms with Gasteiger partial charge in [-0.2, -0.15) is 0 Å². The molecule has 0 aromatic rings. The van der Waals surface area contributed by atoms with Crippen molar-refractivity contribution in [1.82, 2.24) is 0 Å². The molecule has 5 atom stereocenters. The standard InChI is InChI=1S/C16H27NO3S/c1-5-6-7-8-14-17-15-11(3)10(2)13(9-19-12(4)18)20-16(15)21-14/h10-11,13,15-16H,5-9H2,1-4H3/t10-,11-,13+,15+,16+/m0/s1. The minimum absolute atomic E-state index is 0.0113. The SMILES string of the molecule is CCCCCC1=N[C@@H]2[C@@H](C)[C@H](C)[C@@H](COC(C)=O)O[C@@H]2S1. The number of hydrogen-bond acceptors (Lipinski definition) is 5. The highest BCUT2D eigenvalue weighted by Gasteiger charge is 2.45. The van der Waals surface area contributed by atoms with E-state index in [0.717, 1.165) is 6.42 Å². The van der Waals surface area contributed by atoms with Gasteiger partial charge in [0.1, 0.15) is 12.0 Å². The van der Waals surface area contributed by atoms with Crippen LogP contribution in [-0.4, -0.2) is 35.2 Å². The molecule has 2 aliphatic heterocycles. The molecule has 0 saturated carbocycles. The van der Waals surface area contributed by atoms with Crippen molar-refractivity contribution in [2.24, 2.45) is 16.8 Å². The predicted molar refractivity (Wildman–Crippen MR) is 86.6 cm³/mol. The Labute approximate surface area is 132 Å². The third kappa shape index (κ3) is 4.22. The maximum Gasteiger partial charge on any atom is 0.302 e. The van der Waals surface area contributed by atoms with Gasteiger partial charge in [-0.1, -0.05) is 45.4 Å². The number of thioether (sulfide) groups is 1. The summed E-state index contributed by atoms with van der Waals surface area (Å²) in [6, 6.07) is 0.259. The maximum atomic E-state index is 11.0. The molecule has 0 bridgehead atoms. The number of aliphatic imine (C=N–C) groups is 1. The zero-order chi connectivity index (χ0) is 15.4. The quantitative estimate of drug-likeness (QED) is 0.555. The molecule has 0 aliphatic carbocycles. The summed E-state index contributed by atoms with van der Waals surface area (Å²) in [5.74, 6) is 0.571. The summed E-state index contributed by atoms with van der Waals surface area (Å²) < 4.78 is 11.3. The van der Waals surface area contributed by atoms with Crippen molar-refractivity contribution in [2.45, 2.75) is 71.0 Å². The molecule has 120 valence electrons. The van der Waals surface area contributed by atoms with Crippen LogP contribution < -0.4 is 0 Å². The second-order valence-corrected chi connectivity index (χ2v) is 7.32. The van der Waals surface area contributed by atoms with Gasteiger partial charge in [0, 0.05) is 6.92 Å². The Morgan fingerprint density at radius 3 is 2.76 bits per heavy atom. The van der Waals surface area contributed by atoms with Crippen molar-refractivity contribution >= 4 is 22.8 Å². The summed E-state index contributed by atoms with van der Waals surface area (Å²) in [4.78, 5) is 15.9. The molecule has 1 saturated heterocycles. The molecule has 21 heavy (non-hydrogen) atoms. The van der Waals surface area contributed by atoms with E-state index in [0.29, 0.717) is 18.4 Å². The van der Waals surface area contributed by atoms with Crippen LogP contribution in [0.5, 0.6) is 0 Å². The first-order valence-corrected chi connectivity index (χ1v) is 8.93. The maximum absolute atomic E-state index is 11.0. The average Bonchev–Trinajstić information content (AvgIpc) is 2.84. The monoisotopic (exact) mass is 313 g/mol. The minimum atomic E-state index is -0.240. The molecule has 4 nitrogen and oxygen atoms in total. The summed E-state index contributed by atoms with van der Waals surface area (Å²) in [5.41, 5.74) is 0.105. The molecule has 1 fully saturated rings. The molecule has 0 amide bonds. The Morgan fingerprint density at radius 2 is 2.10 bits per heavy atom. The fraction of sp³-hybridized carbons (Fsp3) is 0.875. The largest absolute Gasteiger partial charge is 0.463 e. The van der Waals surface area contributed by atoms with Gasteiger partial charge in [0.15, 0.2) is 0 Å². The second-order valence-electron chi connectivity index (χ2n) is 6.15. The highest BCUT2D eigenvalue weighted by Crippen LogP contribution is 2.42. The highest BCUT2D eigenvalue weighted by molar-refractivity contribution is 8.14. The number of unbranched alkanes of at least 4 members (excludes halogenated alkanes) is 2. The van der Waals surface area contributed by atoms with E-state index in [9.17, 15) is 4.79 Å². The van der Waals surface area contributed by atoms with Crippen molar-refractivity contribution in [3.8, 4) is 0 Å². The van der Waals surface area contributed by atoms with Crippen LogP contribution in [0, 0.1) is 11.8 Å². The molecule has 0 spiro atoms. The topological polar surface area (TPSA) is 47.9 Å². The Morgan fingerprint density at radius 1 is 1.33 bits per heavy atom. The first kappa shape index (κ1) is 16.8. The normalized spacial score (nSPS) is 35.2. The van der Waals surface area contributed by atoms with E-state index in [2.05, 4.69) is 20.8 Å². The van der Waals surface area contributed by atoms with Gasteiger partial charge in [-0.25, -0.2) is 0 Å². The fourth-order valence-electron chi connectivity index (χ4n) is 2.92. The molecule has 0 N–H and O–H groups in total. The molecule has 0 radical (unpaired) electrons. The zero-order valence-electron chi connectivity index (χ0n) is 13.5. The van der Waals surface area contributed by atoms with E-state index < -0.39 is 0 Å². The van der Waals surface area contributed by atoms with Gasteiger partial charge < -0.3 is 9.47 Å². The highest BCUT2D eigenvalue weighted by atomic mass is 32.2. The third-order valence-electron chi connectivity index (χ3n) is 4.53. The van der Waals surface area contributed by atoms with Crippen molar-refractivity contribution < 1.29 is 14.3 Å². The lowest BCUT2D eigenvalue weighted by Crippen LogP contribution is -2.47. The van der Waals surface area contributed by atoms with Gasteiger partial charge in [0.2, 0.25) is 0 Å². The molecule has 2 rings (SSSR count). The van der Waals surface area contributed by atoms with Crippen molar-refractivity contribution in [2.75, 3.05) is 6.61 Å². The van der Waals surface area contributed by atoms with E-state index >= 15 is 0 Å². The molecule has 0 unspecified atom stereocenters. The lowest BCUT2D eigenvalue weighted by Gasteiger charge is -2.40. The molecule has 2 heterocycles. The van der Waals surface area contributed by atoms with E-state index in [-0.39, 0.29) is 23.6 Å². The van der Waals surface area contributed by atoms with Crippen LogP contribution in [0.25, 0.3) is 0 Å². The van der Waals surface area contributed by atoms with Crippen LogP contribution >= 0.6 is 11.8 Å². The molecule has 0 aromatic heterocycles. The Bertz CT molecular complexity index is 399.